The second-order valence-corrected chi connectivity index (χ2v) is 9.23. The Kier molecular flexibility index (Phi) is 8.43. The molecule has 1 fully saturated rings. The summed E-state index contributed by atoms with van der Waals surface area (Å²) >= 11 is 0. The lowest BCUT2D eigenvalue weighted by Crippen LogP contribution is -2.53. The molecule has 1 saturated heterocycles. The normalized spacial score (nSPS) is 21.2. The molecule has 2 aromatic carbocycles. The van der Waals surface area contributed by atoms with Gasteiger partial charge in [0.05, 0.1) is 24.1 Å². The fourth-order valence-electron chi connectivity index (χ4n) is 4.59. The number of hydrogen-bond acceptors (Lipinski definition) is 5. The molecule has 0 saturated carbocycles. The van der Waals surface area contributed by atoms with E-state index in [1.165, 1.54) is 0 Å². The molecular weight excluding hydrogens is 460 g/mol. The number of carbonyl (C=O) groups excluding carboxylic acids is 3. The molecule has 0 radical (unpaired) electrons. The van der Waals surface area contributed by atoms with Gasteiger partial charge in [-0.25, -0.2) is 4.79 Å². The summed E-state index contributed by atoms with van der Waals surface area (Å²) in [6.45, 7) is 3.29. The zero-order valence-corrected chi connectivity index (χ0v) is 20.8. The molecule has 0 aliphatic carbocycles. The van der Waals surface area contributed by atoms with E-state index in [9.17, 15) is 14.4 Å². The van der Waals surface area contributed by atoms with Gasteiger partial charge in [-0.05, 0) is 43.0 Å². The number of urea groups is 1. The van der Waals surface area contributed by atoms with Crippen LogP contribution >= 0.6 is 0 Å². The van der Waals surface area contributed by atoms with Crippen LogP contribution in [-0.4, -0.2) is 61.2 Å². The van der Waals surface area contributed by atoms with Gasteiger partial charge in [-0.1, -0.05) is 37.3 Å². The summed E-state index contributed by atoms with van der Waals surface area (Å²) < 4.78 is 12.3. The predicted octanol–water partition coefficient (Wildman–Crippen LogP) is 3.31. The molecule has 9 nitrogen and oxygen atoms in total. The molecule has 9 heteroatoms. The third kappa shape index (κ3) is 6.34. The third-order valence-electron chi connectivity index (χ3n) is 6.55. The third-order valence-corrected chi connectivity index (χ3v) is 6.55. The Balaban J connectivity index is 1.37. The Hall–Kier alpha value is -3.59. The van der Waals surface area contributed by atoms with Gasteiger partial charge in [0.25, 0.3) is 5.91 Å². The molecule has 192 valence electrons. The van der Waals surface area contributed by atoms with Crippen LogP contribution in [0.3, 0.4) is 0 Å². The second-order valence-electron chi connectivity index (χ2n) is 9.23. The van der Waals surface area contributed by atoms with Gasteiger partial charge < -0.3 is 30.3 Å². The number of likely N-dealkylation sites (N-methyl/N-ethyl adjacent to an activating group) is 1. The van der Waals surface area contributed by atoms with Gasteiger partial charge in [-0.2, -0.15) is 0 Å². The van der Waals surface area contributed by atoms with E-state index in [4.69, 9.17) is 9.47 Å². The van der Waals surface area contributed by atoms with Gasteiger partial charge in [0.2, 0.25) is 5.91 Å². The summed E-state index contributed by atoms with van der Waals surface area (Å²) in [5, 5.41) is 8.46. The average Bonchev–Trinajstić information content (AvgIpc) is 2.89. The van der Waals surface area contributed by atoms with Gasteiger partial charge in [-0.3, -0.25) is 9.59 Å². The standard InChI is InChI=1S/C27H34N4O5/c1-3-13-28-27(34)30-19-9-12-23-21(14-19)26(33)31(2)22-11-10-20(36-24(22)17-35-23)15-25(32)29-16-18-7-5-4-6-8-18/h4-9,12,14,20,22,24H,3,10-11,13,15-17H2,1-2H3,(H,29,32)(H2,28,30,34)/t20-,22+,24-/m1/s1. The van der Waals surface area contributed by atoms with E-state index in [0.29, 0.717) is 42.9 Å². The van der Waals surface area contributed by atoms with Crippen molar-refractivity contribution in [2.75, 3.05) is 25.5 Å². The molecule has 36 heavy (non-hydrogen) atoms. The molecule has 0 spiro atoms. The maximum Gasteiger partial charge on any atom is 0.319 e. The van der Waals surface area contributed by atoms with Gasteiger partial charge in [0, 0.05) is 25.8 Å². The molecular formula is C27H34N4O5. The fourth-order valence-corrected chi connectivity index (χ4v) is 4.59. The fraction of sp³-hybridized carbons (Fsp3) is 0.444. The summed E-state index contributed by atoms with van der Waals surface area (Å²) in [7, 11) is 1.76. The largest absolute Gasteiger partial charge is 0.490 e. The molecule has 2 aliphatic heterocycles. The van der Waals surface area contributed by atoms with Crippen molar-refractivity contribution in [1.82, 2.24) is 15.5 Å². The van der Waals surface area contributed by atoms with E-state index in [1.54, 1.807) is 30.1 Å². The minimum Gasteiger partial charge on any atom is -0.490 e. The number of amides is 4. The predicted molar refractivity (Wildman–Crippen MR) is 136 cm³/mol. The molecule has 0 bridgehead atoms. The van der Waals surface area contributed by atoms with Crippen molar-refractivity contribution in [3.8, 4) is 5.75 Å². The molecule has 3 N–H and O–H groups in total. The van der Waals surface area contributed by atoms with Crippen molar-refractivity contribution in [2.24, 2.45) is 0 Å². The first-order valence-corrected chi connectivity index (χ1v) is 12.5. The summed E-state index contributed by atoms with van der Waals surface area (Å²) in [5.74, 6) is 0.183. The molecule has 3 atom stereocenters. The maximum atomic E-state index is 13.3. The van der Waals surface area contributed by atoms with E-state index < -0.39 is 0 Å². The van der Waals surface area contributed by atoms with E-state index >= 15 is 0 Å². The number of nitrogens with zero attached hydrogens (tertiary/aromatic N) is 1. The molecule has 2 aliphatic rings. The van der Waals surface area contributed by atoms with Gasteiger partial charge in [0.1, 0.15) is 18.5 Å². The van der Waals surface area contributed by atoms with Gasteiger partial charge in [-0.15, -0.1) is 0 Å². The lowest BCUT2D eigenvalue weighted by Gasteiger charge is -2.42. The first kappa shape index (κ1) is 25.5. The van der Waals surface area contributed by atoms with Crippen molar-refractivity contribution < 1.29 is 23.9 Å². The molecule has 2 heterocycles. The van der Waals surface area contributed by atoms with E-state index in [0.717, 1.165) is 12.0 Å². The number of hydrogen-bond donors (Lipinski definition) is 3. The van der Waals surface area contributed by atoms with Crippen LogP contribution in [0, 0.1) is 0 Å². The number of carbonyl (C=O) groups is 3. The zero-order chi connectivity index (χ0) is 25.5. The number of rotatable bonds is 7. The molecule has 4 amide bonds. The first-order valence-electron chi connectivity index (χ1n) is 12.5. The highest BCUT2D eigenvalue weighted by atomic mass is 16.5. The van der Waals surface area contributed by atoms with Crippen LogP contribution in [0.4, 0.5) is 10.5 Å². The lowest BCUT2D eigenvalue weighted by molar-refractivity contribution is -0.134. The minimum absolute atomic E-state index is 0.0631. The van der Waals surface area contributed by atoms with E-state index in [2.05, 4.69) is 16.0 Å². The van der Waals surface area contributed by atoms with E-state index in [-0.39, 0.29) is 49.1 Å². The Morgan fingerprint density at radius 1 is 1.08 bits per heavy atom. The highest BCUT2D eigenvalue weighted by Crippen LogP contribution is 2.32. The van der Waals surface area contributed by atoms with Crippen LogP contribution in [-0.2, 0) is 16.1 Å². The van der Waals surface area contributed by atoms with Crippen LogP contribution in [0.2, 0.25) is 0 Å². The van der Waals surface area contributed by atoms with Crippen molar-refractivity contribution in [3.63, 3.8) is 0 Å². The second kappa shape index (κ2) is 11.9. The molecule has 0 aromatic heterocycles. The van der Waals surface area contributed by atoms with Gasteiger partial charge >= 0.3 is 6.03 Å². The first-order chi connectivity index (χ1) is 17.4. The van der Waals surface area contributed by atoms with Crippen molar-refractivity contribution >= 4 is 23.5 Å². The number of fused-ring (bicyclic) bond motifs is 2. The highest BCUT2D eigenvalue weighted by molar-refractivity contribution is 5.99. The maximum absolute atomic E-state index is 13.3. The van der Waals surface area contributed by atoms with E-state index in [1.807, 2.05) is 37.3 Å². The Morgan fingerprint density at radius 3 is 2.67 bits per heavy atom. The summed E-state index contributed by atoms with van der Waals surface area (Å²) in [4.78, 5) is 39.5. The Labute approximate surface area is 211 Å². The number of anilines is 1. The van der Waals surface area contributed by atoms with Crippen molar-refractivity contribution in [2.45, 2.75) is 57.4 Å². The number of ether oxygens (including phenoxy) is 2. The van der Waals surface area contributed by atoms with Gasteiger partial charge in [0.15, 0.2) is 0 Å². The lowest BCUT2D eigenvalue weighted by atomic mass is 9.94. The van der Waals surface area contributed by atoms with Crippen LogP contribution in [0.5, 0.6) is 5.75 Å². The molecule has 0 unspecified atom stereocenters. The number of nitrogens with one attached hydrogen (secondary N) is 3. The van der Waals surface area contributed by atoms with Crippen LogP contribution in [0.15, 0.2) is 48.5 Å². The van der Waals surface area contributed by atoms with Crippen LogP contribution < -0.4 is 20.7 Å². The quantitative estimate of drug-likeness (QED) is 0.547. The monoisotopic (exact) mass is 494 g/mol. The summed E-state index contributed by atoms with van der Waals surface area (Å²) in [6.07, 6.45) is 1.90. The van der Waals surface area contributed by atoms with Crippen molar-refractivity contribution in [1.29, 1.82) is 0 Å². The Bertz CT molecular complexity index is 1080. The zero-order valence-electron chi connectivity index (χ0n) is 20.8. The SMILES string of the molecule is CCCNC(=O)Nc1ccc2c(c1)C(=O)N(C)[C@H]1CC[C@H](CC(=O)NCc3ccccc3)O[C@@H]1CO2. The molecule has 2 aromatic rings. The van der Waals surface area contributed by atoms with Crippen LogP contribution in [0.1, 0.15) is 48.5 Å². The summed E-state index contributed by atoms with van der Waals surface area (Å²) in [6, 6.07) is 14.3. The Morgan fingerprint density at radius 2 is 1.89 bits per heavy atom. The average molecular weight is 495 g/mol. The topological polar surface area (TPSA) is 109 Å². The van der Waals surface area contributed by atoms with Crippen molar-refractivity contribution in [3.05, 3.63) is 59.7 Å². The minimum atomic E-state index is -0.342. The summed E-state index contributed by atoms with van der Waals surface area (Å²) in [5.41, 5.74) is 1.96. The molecule has 4 rings (SSSR count). The van der Waals surface area contributed by atoms with Crippen LogP contribution in [0.25, 0.3) is 0 Å². The smallest absolute Gasteiger partial charge is 0.319 e. The highest BCUT2D eigenvalue weighted by Gasteiger charge is 2.39. The number of benzene rings is 2.